The van der Waals surface area contributed by atoms with Crippen molar-refractivity contribution in [3.63, 3.8) is 0 Å². The first kappa shape index (κ1) is 20.2. The van der Waals surface area contributed by atoms with Crippen LogP contribution in [0.2, 0.25) is 0 Å². The molecule has 1 atom stereocenters. The number of pyridine rings is 1. The number of aromatic nitrogens is 3. The Labute approximate surface area is 170 Å². The van der Waals surface area contributed by atoms with Crippen LogP contribution in [-0.4, -0.2) is 40.9 Å². The van der Waals surface area contributed by atoms with Crippen LogP contribution < -0.4 is 15.4 Å². The third kappa shape index (κ3) is 5.46. The molecule has 0 aromatic carbocycles. The van der Waals surface area contributed by atoms with Crippen LogP contribution in [0.4, 0.5) is 11.6 Å². The van der Waals surface area contributed by atoms with Gasteiger partial charge in [0.2, 0.25) is 5.95 Å². The monoisotopic (exact) mass is 389 g/mol. The van der Waals surface area contributed by atoms with E-state index in [-0.39, 0.29) is 11.8 Å². The Morgan fingerprint density at radius 2 is 2.21 bits per heavy atom. The second-order valence-corrected chi connectivity index (χ2v) is 6.42. The molecule has 0 spiro atoms. The summed E-state index contributed by atoms with van der Waals surface area (Å²) in [6.07, 6.45) is 12.5. The predicted molar refractivity (Wildman–Crippen MR) is 113 cm³/mol. The topological polar surface area (TPSA) is 108 Å². The first-order chi connectivity index (χ1) is 14.2. The van der Waals surface area contributed by atoms with E-state index in [2.05, 4.69) is 43.4 Å². The average molecular weight is 389 g/mol. The number of piperidine rings is 1. The molecule has 1 unspecified atom stereocenters. The lowest BCUT2D eigenvalue weighted by Crippen LogP contribution is -2.37. The van der Waals surface area contributed by atoms with E-state index in [1.807, 2.05) is 25.2 Å². The van der Waals surface area contributed by atoms with Crippen LogP contribution in [0, 0.1) is 11.3 Å². The van der Waals surface area contributed by atoms with Crippen molar-refractivity contribution in [2.75, 3.05) is 18.4 Å². The number of nitrogens with one attached hydrogen (secondary N) is 2. The lowest BCUT2D eigenvalue weighted by molar-refractivity contribution is 0.166. The van der Waals surface area contributed by atoms with Crippen molar-refractivity contribution in [3.8, 4) is 11.8 Å². The molecule has 29 heavy (non-hydrogen) atoms. The Balaban J connectivity index is 1.75. The molecule has 8 heteroatoms. The molecule has 0 radical (unpaired) electrons. The van der Waals surface area contributed by atoms with Crippen molar-refractivity contribution >= 4 is 24.1 Å². The number of ether oxygens (including phenoxy) is 1. The number of rotatable bonds is 7. The fourth-order valence-electron chi connectivity index (χ4n) is 2.87. The largest absolute Gasteiger partial charge is 0.486 e. The third-order valence-electron chi connectivity index (χ3n) is 4.32. The minimum absolute atomic E-state index is 0.0252. The minimum atomic E-state index is 0.0252. The second kappa shape index (κ2) is 10.1. The molecule has 148 valence electrons. The lowest BCUT2D eigenvalue weighted by atomic mass is 10.1. The minimum Gasteiger partial charge on any atom is -0.486 e. The summed E-state index contributed by atoms with van der Waals surface area (Å²) in [5.41, 5.74) is 2.34. The fraction of sp³-hybridized carbons (Fsp3) is 0.286. The van der Waals surface area contributed by atoms with Crippen molar-refractivity contribution in [1.82, 2.24) is 20.3 Å². The molecular weight excluding hydrogens is 366 g/mol. The van der Waals surface area contributed by atoms with Crippen molar-refractivity contribution in [1.29, 1.82) is 5.26 Å². The summed E-state index contributed by atoms with van der Waals surface area (Å²) in [6, 6.07) is 3.83. The normalized spacial score (nSPS) is 17.0. The van der Waals surface area contributed by atoms with Gasteiger partial charge in [-0.2, -0.15) is 5.26 Å². The maximum absolute atomic E-state index is 9.32. The SMILES string of the molecule is C=N/C(=C\C=C/C)c1cnc(Nc2cnc(C#N)c(OC3CCCNC3)c2)nc1. The average Bonchev–Trinajstić information content (AvgIpc) is 2.76. The van der Waals surface area contributed by atoms with Gasteiger partial charge in [0.25, 0.3) is 0 Å². The quantitative estimate of drug-likeness (QED) is 0.553. The van der Waals surface area contributed by atoms with E-state index in [9.17, 15) is 5.26 Å². The molecule has 1 aliphatic heterocycles. The molecule has 1 fully saturated rings. The van der Waals surface area contributed by atoms with E-state index >= 15 is 0 Å². The summed E-state index contributed by atoms with van der Waals surface area (Å²) in [5.74, 6) is 0.857. The van der Waals surface area contributed by atoms with Gasteiger partial charge in [-0.1, -0.05) is 12.2 Å². The number of hydrogen-bond donors (Lipinski definition) is 2. The van der Waals surface area contributed by atoms with Gasteiger partial charge < -0.3 is 15.4 Å². The molecule has 2 aromatic rings. The molecule has 1 saturated heterocycles. The smallest absolute Gasteiger partial charge is 0.227 e. The fourth-order valence-corrected chi connectivity index (χ4v) is 2.87. The van der Waals surface area contributed by atoms with Crippen LogP contribution in [0.3, 0.4) is 0 Å². The van der Waals surface area contributed by atoms with Crippen molar-refractivity contribution < 1.29 is 4.74 Å². The van der Waals surface area contributed by atoms with Crippen LogP contribution in [0.1, 0.15) is 31.0 Å². The second-order valence-electron chi connectivity index (χ2n) is 6.42. The van der Waals surface area contributed by atoms with E-state index in [1.165, 1.54) is 0 Å². The Kier molecular flexibility index (Phi) is 7.03. The highest BCUT2D eigenvalue weighted by atomic mass is 16.5. The highest BCUT2D eigenvalue weighted by molar-refractivity contribution is 5.68. The number of allylic oxidation sites excluding steroid dienone is 3. The molecule has 3 heterocycles. The number of nitriles is 1. The zero-order chi connectivity index (χ0) is 20.5. The molecule has 2 aromatic heterocycles. The molecule has 0 bridgehead atoms. The molecule has 3 rings (SSSR count). The third-order valence-corrected chi connectivity index (χ3v) is 4.32. The first-order valence-electron chi connectivity index (χ1n) is 9.40. The van der Waals surface area contributed by atoms with Gasteiger partial charge in [0.05, 0.1) is 17.6 Å². The summed E-state index contributed by atoms with van der Waals surface area (Å²) < 4.78 is 6.00. The number of nitrogens with zero attached hydrogens (tertiary/aromatic N) is 5. The zero-order valence-electron chi connectivity index (χ0n) is 16.3. The van der Waals surface area contributed by atoms with Crippen molar-refractivity contribution in [3.05, 3.63) is 54.1 Å². The lowest BCUT2D eigenvalue weighted by Gasteiger charge is -2.24. The number of anilines is 2. The maximum Gasteiger partial charge on any atom is 0.227 e. The van der Waals surface area contributed by atoms with E-state index in [0.717, 1.165) is 31.5 Å². The Bertz CT molecular complexity index is 938. The number of hydrogen-bond acceptors (Lipinski definition) is 8. The van der Waals surface area contributed by atoms with E-state index < -0.39 is 0 Å². The number of aliphatic imine (C=N–C) groups is 1. The molecule has 8 nitrogen and oxygen atoms in total. The summed E-state index contributed by atoms with van der Waals surface area (Å²) in [6.45, 7) is 7.25. The predicted octanol–water partition coefficient (Wildman–Crippen LogP) is 3.24. The molecule has 1 aliphatic rings. The molecule has 0 aliphatic carbocycles. The van der Waals surface area contributed by atoms with Gasteiger partial charge in [0, 0.05) is 30.6 Å². The van der Waals surface area contributed by atoms with Crippen LogP contribution in [0.15, 0.2) is 47.9 Å². The van der Waals surface area contributed by atoms with Gasteiger partial charge in [0.1, 0.15) is 12.2 Å². The van der Waals surface area contributed by atoms with E-state index in [1.54, 1.807) is 24.7 Å². The van der Waals surface area contributed by atoms with E-state index in [0.29, 0.717) is 23.1 Å². The Morgan fingerprint density at radius 3 is 2.86 bits per heavy atom. The summed E-state index contributed by atoms with van der Waals surface area (Å²) in [5, 5.41) is 15.7. The van der Waals surface area contributed by atoms with Gasteiger partial charge >= 0.3 is 0 Å². The van der Waals surface area contributed by atoms with Gasteiger partial charge in [-0.05, 0) is 39.1 Å². The van der Waals surface area contributed by atoms with E-state index in [4.69, 9.17) is 4.74 Å². The maximum atomic E-state index is 9.32. The van der Waals surface area contributed by atoms with Crippen LogP contribution in [0.5, 0.6) is 5.75 Å². The Hall–Kier alpha value is -3.57. The van der Waals surface area contributed by atoms with Gasteiger partial charge in [-0.25, -0.2) is 15.0 Å². The van der Waals surface area contributed by atoms with Crippen molar-refractivity contribution in [2.24, 2.45) is 4.99 Å². The highest BCUT2D eigenvalue weighted by Crippen LogP contribution is 2.25. The highest BCUT2D eigenvalue weighted by Gasteiger charge is 2.17. The molecule has 0 amide bonds. The summed E-state index contributed by atoms with van der Waals surface area (Å²) >= 11 is 0. The molecule has 2 N–H and O–H groups in total. The van der Waals surface area contributed by atoms with Crippen LogP contribution in [-0.2, 0) is 0 Å². The molecule has 0 saturated carbocycles. The van der Waals surface area contributed by atoms with Gasteiger partial charge in [0.15, 0.2) is 11.4 Å². The van der Waals surface area contributed by atoms with Crippen molar-refractivity contribution in [2.45, 2.75) is 25.9 Å². The van der Waals surface area contributed by atoms with Crippen LogP contribution in [0.25, 0.3) is 5.70 Å². The summed E-state index contributed by atoms with van der Waals surface area (Å²) in [7, 11) is 0. The van der Waals surface area contributed by atoms with Crippen LogP contribution >= 0.6 is 0 Å². The Morgan fingerprint density at radius 1 is 1.38 bits per heavy atom. The zero-order valence-corrected chi connectivity index (χ0v) is 16.3. The standard InChI is InChI=1S/C21H23N7O/c1-3-4-7-18(23-2)15-11-26-21(27-12-15)28-16-9-20(19(10-22)25-13-16)29-17-6-5-8-24-14-17/h3-4,7,9,11-13,17,24H,2,5-6,8,14H2,1H3,(H,26,27,28)/b4-3-,18-7-. The van der Waals surface area contributed by atoms with Gasteiger partial charge in [-0.3, -0.25) is 4.99 Å². The van der Waals surface area contributed by atoms with Gasteiger partial charge in [-0.15, -0.1) is 0 Å². The first-order valence-corrected chi connectivity index (χ1v) is 9.40. The summed E-state index contributed by atoms with van der Waals surface area (Å²) in [4.78, 5) is 16.8. The molecular formula is C21H23N7O.